The number of nitrogens with zero attached hydrogens (tertiary/aromatic N) is 2. The molecule has 0 saturated carbocycles. The van der Waals surface area contributed by atoms with Crippen LogP contribution in [0.3, 0.4) is 0 Å². The van der Waals surface area contributed by atoms with Crippen LogP contribution in [0.1, 0.15) is 5.56 Å². The number of hydrogen-bond acceptors (Lipinski definition) is 3. The topological polar surface area (TPSA) is 56.5 Å². The number of halogens is 2. The lowest BCUT2D eigenvalue weighted by Crippen LogP contribution is -1.94. The van der Waals surface area contributed by atoms with Gasteiger partial charge in [0.2, 0.25) is 0 Å². The average Bonchev–Trinajstić information content (AvgIpc) is 2.85. The molecule has 0 atom stereocenters. The van der Waals surface area contributed by atoms with Crippen LogP contribution in [-0.2, 0) is 0 Å². The van der Waals surface area contributed by atoms with E-state index in [0.717, 1.165) is 5.56 Å². The van der Waals surface area contributed by atoms with Crippen molar-refractivity contribution in [3.05, 3.63) is 40.2 Å². The second kappa shape index (κ2) is 3.93. The van der Waals surface area contributed by atoms with Crippen molar-refractivity contribution in [2.75, 3.05) is 5.73 Å². The first-order chi connectivity index (χ1) is 8.58. The Balaban J connectivity index is 2.36. The third-order valence-corrected chi connectivity index (χ3v) is 3.24. The fourth-order valence-corrected chi connectivity index (χ4v) is 2.39. The van der Waals surface area contributed by atoms with Crippen LogP contribution in [0.5, 0.6) is 0 Å². The third kappa shape index (κ3) is 1.57. The summed E-state index contributed by atoms with van der Waals surface area (Å²) in [5.41, 5.74) is 8.16. The fraction of sp³-hybridized carbons (Fsp3) is 0.0833. The second-order valence-corrected chi connectivity index (χ2v) is 4.82. The van der Waals surface area contributed by atoms with Crippen molar-refractivity contribution in [1.29, 1.82) is 0 Å². The largest absolute Gasteiger partial charge is 0.462 e. The van der Waals surface area contributed by atoms with E-state index < -0.39 is 0 Å². The maximum absolute atomic E-state index is 6.09. The maximum Gasteiger partial charge on any atom is 0.158 e. The number of aromatic nitrogens is 2. The molecule has 0 aliphatic carbocycles. The molecule has 0 unspecified atom stereocenters. The molecule has 4 nitrogen and oxygen atoms in total. The van der Waals surface area contributed by atoms with Gasteiger partial charge in [-0.05, 0) is 24.6 Å². The molecule has 0 aromatic carbocycles. The van der Waals surface area contributed by atoms with Gasteiger partial charge in [0, 0.05) is 6.20 Å². The van der Waals surface area contributed by atoms with Gasteiger partial charge in [-0.25, -0.2) is 4.98 Å². The molecular formula is C12H9Cl2N3O. The molecule has 0 aliphatic heterocycles. The van der Waals surface area contributed by atoms with Crippen LogP contribution in [0.25, 0.3) is 17.1 Å². The van der Waals surface area contributed by atoms with Crippen LogP contribution in [-0.4, -0.2) is 9.38 Å². The van der Waals surface area contributed by atoms with Crippen LogP contribution in [0, 0.1) is 6.92 Å². The second-order valence-electron chi connectivity index (χ2n) is 3.98. The lowest BCUT2D eigenvalue weighted by atomic mass is 10.2. The zero-order valence-electron chi connectivity index (χ0n) is 9.45. The minimum absolute atomic E-state index is 0.449. The molecule has 0 amide bonds. The first-order valence-electron chi connectivity index (χ1n) is 5.25. The van der Waals surface area contributed by atoms with Gasteiger partial charge < -0.3 is 10.2 Å². The summed E-state index contributed by atoms with van der Waals surface area (Å²) in [6.07, 6.45) is 3.27. The zero-order chi connectivity index (χ0) is 12.9. The lowest BCUT2D eigenvalue weighted by Gasteiger charge is -1.99. The van der Waals surface area contributed by atoms with E-state index in [0.29, 0.717) is 33.0 Å². The molecule has 2 N–H and O–H groups in total. The Morgan fingerprint density at radius 2 is 2.17 bits per heavy atom. The standard InChI is InChI=1S/C12H9Cl2N3O/c1-6-2-3-18-10(6)9-11(15)17-5-7(13)4-8(14)12(17)16-9/h2-5H,15H2,1H3. The summed E-state index contributed by atoms with van der Waals surface area (Å²) in [6.45, 7) is 1.93. The van der Waals surface area contributed by atoms with E-state index in [1.165, 1.54) is 0 Å². The molecule has 92 valence electrons. The van der Waals surface area contributed by atoms with E-state index in [-0.39, 0.29) is 0 Å². The molecule has 6 heteroatoms. The van der Waals surface area contributed by atoms with Gasteiger partial charge in [-0.1, -0.05) is 23.2 Å². The summed E-state index contributed by atoms with van der Waals surface area (Å²) in [5.74, 6) is 1.09. The minimum atomic E-state index is 0.449. The molecule has 18 heavy (non-hydrogen) atoms. The summed E-state index contributed by atoms with van der Waals surface area (Å²) >= 11 is 12.0. The van der Waals surface area contributed by atoms with E-state index in [2.05, 4.69) is 4.98 Å². The van der Waals surface area contributed by atoms with Crippen LogP contribution in [0.15, 0.2) is 29.0 Å². The van der Waals surface area contributed by atoms with Crippen LogP contribution < -0.4 is 5.73 Å². The molecule has 0 saturated heterocycles. The highest BCUT2D eigenvalue weighted by Gasteiger charge is 2.17. The van der Waals surface area contributed by atoms with Gasteiger partial charge in [-0.15, -0.1) is 0 Å². The number of nitrogen functional groups attached to an aromatic ring is 1. The first-order valence-corrected chi connectivity index (χ1v) is 6.00. The molecular weight excluding hydrogens is 273 g/mol. The maximum atomic E-state index is 6.09. The van der Waals surface area contributed by atoms with Crippen molar-refractivity contribution in [3.63, 3.8) is 0 Å². The van der Waals surface area contributed by atoms with E-state index >= 15 is 0 Å². The highest BCUT2D eigenvalue weighted by molar-refractivity contribution is 6.36. The Kier molecular flexibility index (Phi) is 2.50. The third-order valence-electron chi connectivity index (χ3n) is 2.76. The predicted octanol–water partition coefficient (Wildman–Crippen LogP) is 3.79. The Morgan fingerprint density at radius 1 is 1.39 bits per heavy atom. The normalized spacial score (nSPS) is 11.3. The number of pyridine rings is 1. The summed E-state index contributed by atoms with van der Waals surface area (Å²) in [6, 6.07) is 3.48. The van der Waals surface area contributed by atoms with Crippen molar-refractivity contribution < 1.29 is 4.42 Å². The molecule has 3 rings (SSSR count). The molecule has 3 heterocycles. The summed E-state index contributed by atoms with van der Waals surface area (Å²) in [7, 11) is 0. The van der Waals surface area contributed by atoms with Gasteiger partial charge in [0.1, 0.15) is 11.5 Å². The minimum Gasteiger partial charge on any atom is -0.462 e. The van der Waals surface area contributed by atoms with Gasteiger partial charge in [0.05, 0.1) is 16.3 Å². The van der Waals surface area contributed by atoms with E-state index in [1.807, 2.05) is 13.0 Å². The molecule has 0 bridgehead atoms. The quantitative estimate of drug-likeness (QED) is 0.738. The fourth-order valence-electron chi connectivity index (χ4n) is 1.87. The Bertz CT molecular complexity index is 745. The number of aryl methyl sites for hydroxylation is 1. The van der Waals surface area contributed by atoms with E-state index in [9.17, 15) is 0 Å². The van der Waals surface area contributed by atoms with Crippen molar-refractivity contribution in [3.8, 4) is 11.5 Å². The van der Waals surface area contributed by atoms with E-state index in [4.69, 9.17) is 33.4 Å². The first kappa shape index (κ1) is 11.4. The van der Waals surface area contributed by atoms with Gasteiger partial charge in [-0.2, -0.15) is 0 Å². The van der Waals surface area contributed by atoms with Crippen molar-refractivity contribution in [2.45, 2.75) is 6.92 Å². The molecule has 3 aromatic heterocycles. The highest BCUT2D eigenvalue weighted by Crippen LogP contribution is 2.32. The predicted molar refractivity (Wildman–Crippen MR) is 72.1 cm³/mol. The SMILES string of the molecule is Cc1ccoc1-c1nc2c(Cl)cc(Cl)cn2c1N. The Hall–Kier alpha value is -1.65. The number of fused-ring (bicyclic) bond motifs is 1. The van der Waals surface area contributed by atoms with Crippen LogP contribution in [0.2, 0.25) is 10.0 Å². The smallest absolute Gasteiger partial charge is 0.158 e. The highest BCUT2D eigenvalue weighted by atomic mass is 35.5. The molecule has 0 radical (unpaired) electrons. The van der Waals surface area contributed by atoms with Crippen molar-refractivity contribution >= 4 is 34.7 Å². The van der Waals surface area contributed by atoms with Crippen LogP contribution >= 0.6 is 23.2 Å². The summed E-state index contributed by atoms with van der Waals surface area (Å²) in [5, 5.41) is 0.948. The summed E-state index contributed by atoms with van der Waals surface area (Å²) < 4.78 is 7.05. The van der Waals surface area contributed by atoms with Gasteiger partial charge in [-0.3, -0.25) is 4.40 Å². The lowest BCUT2D eigenvalue weighted by molar-refractivity contribution is 0.579. The van der Waals surface area contributed by atoms with Gasteiger partial charge >= 0.3 is 0 Å². The van der Waals surface area contributed by atoms with E-state index in [1.54, 1.807) is 22.9 Å². The Morgan fingerprint density at radius 3 is 2.83 bits per heavy atom. The number of imidazole rings is 1. The van der Waals surface area contributed by atoms with Gasteiger partial charge in [0.25, 0.3) is 0 Å². The average molecular weight is 282 g/mol. The molecule has 0 spiro atoms. The zero-order valence-corrected chi connectivity index (χ0v) is 11.0. The summed E-state index contributed by atoms with van der Waals surface area (Å²) in [4.78, 5) is 4.41. The van der Waals surface area contributed by atoms with Crippen molar-refractivity contribution in [2.24, 2.45) is 0 Å². The molecule has 0 fully saturated rings. The van der Waals surface area contributed by atoms with Gasteiger partial charge in [0.15, 0.2) is 11.4 Å². The van der Waals surface area contributed by atoms with Crippen molar-refractivity contribution in [1.82, 2.24) is 9.38 Å². The number of nitrogens with two attached hydrogens (primary N) is 1. The number of anilines is 1. The number of furan rings is 1. The molecule has 0 aliphatic rings. The number of rotatable bonds is 1. The monoisotopic (exact) mass is 281 g/mol. The Labute approximate surface area is 113 Å². The molecule has 3 aromatic rings. The number of hydrogen-bond donors (Lipinski definition) is 1. The van der Waals surface area contributed by atoms with Crippen LogP contribution in [0.4, 0.5) is 5.82 Å².